The Morgan fingerprint density at radius 3 is 2.75 bits per heavy atom. The van der Waals surface area contributed by atoms with Crippen molar-refractivity contribution in [2.75, 3.05) is 0 Å². The average Bonchev–Trinajstić information content (AvgIpc) is 2.92. The van der Waals surface area contributed by atoms with E-state index in [4.69, 9.17) is 10.5 Å². The van der Waals surface area contributed by atoms with Gasteiger partial charge in [-0.3, -0.25) is 0 Å². The van der Waals surface area contributed by atoms with Crippen LogP contribution in [0.3, 0.4) is 0 Å². The fraction of sp³-hybridized carbons (Fsp3) is 0.571. The maximum absolute atomic E-state index is 6.15. The van der Waals surface area contributed by atoms with E-state index in [1.165, 1.54) is 25.7 Å². The summed E-state index contributed by atoms with van der Waals surface area (Å²) in [6.45, 7) is 0.566. The molecule has 2 saturated carbocycles. The standard InChI is InChI=1S/C14H19NO/c15-9-12-3-1-2-4-13(12)16-14-8-10-5-6-11(14)7-10/h1-4,10-11,14H,5-9,15H2. The minimum atomic E-state index is 0.450. The fourth-order valence-corrected chi connectivity index (χ4v) is 3.28. The van der Waals surface area contributed by atoms with Gasteiger partial charge in [0.05, 0.1) is 0 Å². The van der Waals surface area contributed by atoms with Crippen molar-refractivity contribution in [3.8, 4) is 5.75 Å². The van der Waals surface area contributed by atoms with Crippen LogP contribution in [0.25, 0.3) is 0 Å². The van der Waals surface area contributed by atoms with E-state index >= 15 is 0 Å². The lowest BCUT2D eigenvalue weighted by atomic mass is 9.97. The van der Waals surface area contributed by atoms with Gasteiger partial charge in [-0.25, -0.2) is 0 Å². The molecule has 2 N–H and O–H groups in total. The molecule has 2 fully saturated rings. The first-order valence-corrected chi connectivity index (χ1v) is 6.31. The van der Waals surface area contributed by atoms with Crippen LogP contribution in [0.15, 0.2) is 24.3 Å². The number of ether oxygens (including phenoxy) is 1. The Kier molecular flexibility index (Phi) is 2.60. The van der Waals surface area contributed by atoms with E-state index in [0.29, 0.717) is 12.6 Å². The maximum Gasteiger partial charge on any atom is 0.124 e. The van der Waals surface area contributed by atoms with Crippen LogP contribution in [0.2, 0.25) is 0 Å². The van der Waals surface area contributed by atoms with Gasteiger partial charge in [0, 0.05) is 12.1 Å². The molecule has 0 saturated heterocycles. The molecule has 0 spiro atoms. The van der Waals surface area contributed by atoms with Crippen LogP contribution in [0.1, 0.15) is 31.2 Å². The van der Waals surface area contributed by atoms with Crippen LogP contribution in [0.4, 0.5) is 0 Å². The van der Waals surface area contributed by atoms with E-state index in [9.17, 15) is 0 Å². The molecule has 0 aliphatic heterocycles. The van der Waals surface area contributed by atoms with Crippen LogP contribution in [0, 0.1) is 11.8 Å². The number of benzene rings is 1. The molecule has 0 heterocycles. The molecule has 3 unspecified atom stereocenters. The molecule has 2 nitrogen and oxygen atoms in total. The quantitative estimate of drug-likeness (QED) is 0.845. The zero-order valence-corrected chi connectivity index (χ0v) is 9.56. The third-order valence-electron chi connectivity index (χ3n) is 4.14. The lowest BCUT2D eigenvalue weighted by Gasteiger charge is -2.24. The van der Waals surface area contributed by atoms with Crippen molar-refractivity contribution in [1.82, 2.24) is 0 Å². The van der Waals surface area contributed by atoms with Gasteiger partial charge in [0.15, 0.2) is 0 Å². The number of rotatable bonds is 3. The first-order chi connectivity index (χ1) is 7.86. The molecule has 86 valence electrons. The van der Waals surface area contributed by atoms with E-state index in [2.05, 4.69) is 6.07 Å². The van der Waals surface area contributed by atoms with Crippen molar-refractivity contribution in [3.63, 3.8) is 0 Å². The summed E-state index contributed by atoms with van der Waals surface area (Å²) in [5.41, 5.74) is 6.85. The highest BCUT2D eigenvalue weighted by atomic mass is 16.5. The molecule has 3 rings (SSSR count). The highest BCUT2D eigenvalue weighted by Gasteiger charge is 2.41. The Hall–Kier alpha value is -1.02. The highest BCUT2D eigenvalue weighted by Crippen LogP contribution is 2.46. The normalized spacial score (nSPS) is 31.9. The SMILES string of the molecule is NCc1ccccc1OC1CC2CCC1C2. The number of nitrogens with two attached hydrogens (primary N) is 1. The van der Waals surface area contributed by atoms with Crippen molar-refractivity contribution in [2.45, 2.75) is 38.3 Å². The smallest absolute Gasteiger partial charge is 0.124 e. The summed E-state index contributed by atoms with van der Waals surface area (Å²) in [5.74, 6) is 2.73. The molecule has 0 aromatic heterocycles. The van der Waals surface area contributed by atoms with Crippen molar-refractivity contribution in [3.05, 3.63) is 29.8 Å². The highest BCUT2D eigenvalue weighted by molar-refractivity contribution is 5.33. The van der Waals surface area contributed by atoms with Gasteiger partial charge < -0.3 is 10.5 Å². The average molecular weight is 217 g/mol. The Morgan fingerprint density at radius 2 is 2.06 bits per heavy atom. The topological polar surface area (TPSA) is 35.2 Å². The molecule has 16 heavy (non-hydrogen) atoms. The fourth-order valence-electron chi connectivity index (χ4n) is 3.28. The van der Waals surface area contributed by atoms with Crippen molar-refractivity contribution in [2.24, 2.45) is 17.6 Å². The lowest BCUT2D eigenvalue weighted by molar-refractivity contribution is 0.137. The number of hydrogen-bond donors (Lipinski definition) is 1. The third kappa shape index (κ3) is 1.71. The summed E-state index contributed by atoms with van der Waals surface area (Å²) in [5, 5.41) is 0. The van der Waals surface area contributed by atoms with Gasteiger partial charge in [-0.1, -0.05) is 18.2 Å². The Balaban J connectivity index is 1.74. The monoisotopic (exact) mass is 217 g/mol. The second kappa shape index (κ2) is 4.10. The second-order valence-electron chi connectivity index (χ2n) is 5.14. The summed E-state index contributed by atoms with van der Waals surface area (Å²) in [6.07, 6.45) is 5.87. The van der Waals surface area contributed by atoms with Crippen molar-refractivity contribution < 1.29 is 4.74 Å². The van der Waals surface area contributed by atoms with Crippen molar-refractivity contribution in [1.29, 1.82) is 0 Å². The molecule has 2 aliphatic rings. The van der Waals surface area contributed by atoms with Gasteiger partial charge in [-0.15, -0.1) is 0 Å². The summed E-state index contributed by atoms with van der Waals surface area (Å²) < 4.78 is 6.15. The van der Waals surface area contributed by atoms with Crippen molar-refractivity contribution >= 4 is 0 Å². The minimum absolute atomic E-state index is 0.450. The molecular formula is C14H19NO. The van der Waals surface area contributed by atoms with Crippen LogP contribution in [0.5, 0.6) is 5.75 Å². The lowest BCUT2D eigenvalue weighted by Crippen LogP contribution is -2.24. The number of para-hydroxylation sites is 1. The Labute approximate surface area is 96.8 Å². The molecular weight excluding hydrogens is 198 g/mol. The first kappa shape index (κ1) is 10.2. The Morgan fingerprint density at radius 1 is 1.19 bits per heavy atom. The van der Waals surface area contributed by atoms with E-state index in [1.807, 2.05) is 18.2 Å². The summed E-state index contributed by atoms with van der Waals surface area (Å²) in [4.78, 5) is 0. The van der Waals surface area contributed by atoms with Gasteiger partial charge in [0.1, 0.15) is 11.9 Å². The first-order valence-electron chi connectivity index (χ1n) is 6.31. The molecule has 1 aromatic carbocycles. The predicted molar refractivity (Wildman–Crippen MR) is 64.2 cm³/mol. The second-order valence-corrected chi connectivity index (χ2v) is 5.14. The largest absolute Gasteiger partial charge is 0.490 e. The molecule has 2 aliphatic carbocycles. The molecule has 1 aromatic rings. The number of fused-ring (bicyclic) bond motifs is 2. The summed E-state index contributed by atoms with van der Waals surface area (Å²) >= 11 is 0. The Bertz CT molecular complexity index is 377. The molecule has 3 atom stereocenters. The van der Waals surface area contributed by atoms with Crippen LogP contribution in [-0.4, -0.2) is 6.10 Å². The van der Waals surface area contributed by atoms with Gasteiger partial charge in [-0.05, 0) is 43.6 Å². The van der Waals surface area contributed by atoms with E-state index in [-0.39, 0.29) is 0 Å². The van der Waals surface area contributed by atoms with Crippen LogP contribution < -0.4 is 10.5 Å². The number of hydrogen-bond acceptors (Lipinski definition) is 2. The van der Waals surface area contributed by atoms with Crippen LogP contribution in [-0.2, 0) is 6.54 Å². The third-order valence-corrected chi connectivity index (χ3v) is 4.14. The zero-order chi connectivity index (χ0) is 11.0. The van der Waals surface area contributed by atoms with Gasteiger partial charge >= 0.3 is 0 Å². The molecule has 2 heteroatoms. The van der Waals surface area contributed by atoms with E-state index in [1.54, 1.807) is 0 Å². The summed E-state index contributed by atoms with van der Waals surface area (Å²) in [7, 11) is 0. The maximum atomic E-state index is 6.15. The zero-order valence-electron chi connectivity index (χ0n) is 9.56. The molecule has 0 amide bonds. The van der Waals surface area contributed by atoms with Gasteiger partial charge in [0.25, 0.3) is 0 Å². The molecule has 2 bridgehead atoms. The van der Waals surface area contributed by atoms with E-state index < -0.39 is 0 Å². The summed E-state index contributed by atoms with van der Waals surface area (Å²) in [6, 6.07) is 8.16. The van der Waals surface area contributed by atoms with Gasteiger partial charge in [-0.2, -0.15) is 0 Å². The van der Waals surface area contributed by atoms with Crippen LogP contribution >= 0.6 is 0 Å². The predicted octanol–water partition coefficient (Wildman–Crippen LogP) is 2.71. The minimum Gasteiger partial charge on any atom is -0.490 e. The molecule has 0 radical (unpaired) electrons. The van der Waals surface area contributed by atoms with Gasteiger partial charge in [0.2, 0.25) is 0 Å². The van der Waals surface area contributed by atoms with E-state index in [0.717, 1.165) is 23.1 Å².